The Balaban J connectivity index is 1.03. The van der Waals surface area contributed by atoms with Crippen molar-refractivity contribution in [3.8, 4) is 33.4 Å². The van der Waals surface area contributed by atoms with Gasteiger partial charge in [0.05, 0.1) is 0 Å². The molecule has 2 nitrogen and oxygen atoms in total. The zero-order valence-electron chi connectivity index (χ0n) is 33.9. The topological polar surface area (TPSA) is 6.48 Å². The third-order valence-corrected chi connectivity index (χ3v) is 12.1. The summed E-state index contributed by atoms with van der Waals surface area (Å²) in [5, 5.41) is 0. The van der Waals surface area contributed by atoms with Gasteiger partial charge in [-0.05, 0) is 141 Å². The molecule has 9 rings (SSSR count). The van der Waals surface area contributed by atoms with E-state index in [-0.39, 0.29) is 10.8 Å². The van der Waals surface area contributed by atoms with Crippen LogP contribution in [0.3, 0.4) is 0 Å². The molecule has 8 aromatic carbocycles. The summed E-state index contributed by atoms with van der Waals surface area (Å²) in [6.45, 7) is 9.65. The highest BCUT2D eigenvalue weighted by molar-refractivity contribution is 5.84. The third kappa shape index (κ3) is 7.23. The van der Waals surface area contributed by atoms with Crippen molar-refractivity contribution in [2.75, 3.05) is 9.80 Å². The maximum atomic E-state index is 2.42. The van der Waals surface area contributed by atoms with Gasteiger partial charge in [0, 0.05) is 34.1 Å². The van der Waals surface area contributed by atoms with Crippen LogP contribution in [0.1, 0.15) is 51.7 Å². The average molecular weight is 751 g/mol. The van der Waals surface area contributed by atoms with Crippen LogP contribution in [0.25, 0.3) is 33.4 Å². The van der Waals surface area contributed by atoms with Crippen LogP contribution in [-0.4, -0.2) is 0 Å². The lowest BCUT2D eigenvalue weighted by Gasteiger charge is -2.43. The first kappa shape index (κ1) is 37.0. The first-order valence-corrected chi connectivity index (χ1v) is 20.6. The van der Waals surface area contributed by atoms with Gasteiger partial charge in [-0.15, -0.1) is 0 Å². The quantitative estimate of drug-likeness (QED) is 0.145. The summed E-state index contributed by atoms with van der Waals surface area (Å²) in [7, 11) is 0. The lowest BCUT2D eigenvalue weighted by molar-refractivity contribution is 0.333. The maximum absolute atomic E-state index is 2.42. The normalized spacial score (nSPS) is 14.0. The van der Waals surface area contributed by atoms with Gasteiger partial charge in [0.15, 0.2) is 0 Å². The van der Waals surface area contributed by atoms with Crippen LogP contribution in [0.2, 0.25) is 0 Å². The Kier molecular flexibility index (Phi) is 9.79. The molecule has 1 aliphatic carbocycles. The van der Waals surface area contributed by atoms with Crippen LogP contribution in [0.4, 0.5) is 34.1 Å². The summed E-state index contributed by atoms with van der Waals surface area (Å²) >= 11 is 0. The van der Waals surface area contributed by atoms with Crippen LogP contribution in [-0.2, 0) is 10.8 Å². The fraction of sp³-hybridized carbons (Fsp3) is 0.143. The number of rotatable bonds is 9. The van der Waals surface area contributed by atoms with Gasteiger partial charge in [-0.25, -0.2) is 0 Å². The number of anilines is 6. The first-order chi connectivity index (χ1) is 28.2. The van der Waals surface area contributed by atoms with Crippen molar-refractivity contribution in [2.24, 2.45) is 0 Å². The van der Waals surface area contributed by atoms with E-state index >= 15 is 0 Å². The van der Waals surface area contributed by atoms with E-state index in [1.807, 2.05) is 0 Å². The average Bonchev–Trinajstić information content (AvgIpc) is 3.27. The largest absolute Gasteiger partial charge is 0.311 e. The number of fused-ring (bicyclic) bond motifs is 1. The van der Waals surface area contributed by atoms with E-state index in [1.165, 1.54) is 57.3 Å². The fourth-order valence-corrected chi connectivity index (χ4v) is 8.87. The number of para-hydroxylation sites is 2. The molecule has 0 N–H and O–H groups in total. The summed E-state index contributed by atoms with van der Waals surface area (Å²) in [6.07, 6.45) is 2.39. The molecule has 0 aliphatic heterocycles. The van der Waals surface area contributed by atoms with Gasteiger partial charge in [-0.1, -0.05) is 161 Å². The van der Waals surface area contributed by atoms with Gasteiger partial charge >= 0.3 is 0 Å². The number of nitrogens with zero attached hydrogens (tertiary/aromatic N) is 2. The Bertz CT molecular complexity index is 2630. The maximum Gasteiger partial charge on any atom is 0.0467 e. The van der Waals surface area contributed by atoms with Crippen LogP contribution >= 0.6 is 0 Å². The molecule has 0 saturated heterocycles. The van der Waals surface area contributed by atoms with Gasteiger partial charge in [0.25, 0.3) is 0 Å². The van der Waals surface area contributed by atoms with E-state index in [1.54, 1.807) is 0 Å². The Morgan fingerprint density at radius 3 is 1.17 bits per heavy atom. The van der Waals surface area contributed by atoms with E-state index in [9.17, 15) is 0 Å². The van der Waals surface area contributed by atoms with Gasteiger partial charge in [0.2, 0.25) is 0 Å². The van der Waals surface area contributed by atoms with Crippen molar-refractivity contribution in [3.05, 3.63) is 217 Å². The second-order valence-electron chi connectivity index (χ2n) is 16.9. The minimum absolute atomic E-state index is 0.110. The van der Waals surface area contributed by atoms with Crippen molar-refractivity contribution >= 4 is 34.1 Å². The lowest BCUT2D eigenvalue weighted by atomic mass is 9.61. The minimum atomic E-state index is 0.110. The Morgan fingerprint density at radius 2 is 0.672 bits per heavy atom. The molecule has 1 aliphatic rings. The van der Waals surface area contributed by atoms with Crippen molar-refractivity contribution in [1.82, 2.24) is 0 Å². The zero-order valence-corrected chi connectivity index (χ0v) is 33.9. The second-order valence-corrected chi connectivity index (χ2v) is 16.9. The van der Waals surface area contributed by atoms with E-state index < -0.39 is 0 Å². The molecule has 0 aromatic heterocycles. The first-order valence-electron chi connectivity index (χ1n) is 20.6. The SMILES string of the molecule is CC1(C)CCC(C)(C)c2c(-c3cccc(N(c4ccccc4)c4ccc(-c5ccc(N(c6ccccc6)c6ccc(-c7ccccc7)cc6)cc5)cc4)c3)cccc21. The van der Waals surface area contributed by atoms with Crippen molar-refractivity contribution in [3.63, 3.8) is 0 Å². The molecule has 0 amide bonds. The highest BCUT2D eigenvalue weighted by Gasteiger charge is 2.38. The Hall–Kier alpha value is -6.64. The lowest BCUT2D eigenvalue weighted by Crippen LogP contribution is -2.34. The van der Waals surface area contributed by atoms with Gasteiger partial charge < -0.3 is 9.80 Å². The van der Waals surface area contributed by atoms with E-state index in [4.69, 9.17) is 0 Å². The molecule has 0 atom stereocenters. The second kappa shape index (κ2) is 15.4. The van der Waals surface area contributed by atoms with Crippen LogP contribution < -0.4 is 9.80 Å². The van der Waals surface area contributed by atoms with E-state index in [0.29, 0.717) is 0 Å². The predicted octanol–water partition coefficient (Wildman–Crippen LogP) is 16.0. The minimum Gasteiger partial charge on any atom is -0.311 e. The molecule has 0 fully saturated rings. The molecule has 0 radical (unpaired) electrons. The third-order valence-electron chi connectivity index (χ3n) is 12.1. The molecular weight excluding hydrogens is 701 g/mol. The molecule has 8 aromatic rings. The summed E-state index contributed by atoms with van der Waals surface area (Å²) in [5.74, 6) is 0. The summed E-state index contributed by atoms with van der Waals surface area (Å²) in [4.78, 5) is 4.70. The predicted molar refractivity (Wildman–Crippen MR) is 247 cm³/mol. The monoisotopic (exact) mass is 750 g/mol. The van der Waals surface area contributed by atoms with Gasteiger partial charge in [0.1, 0.15) is 0 Å². The van der Waals surface area contributed by atoms with Crippen molar-refractivity contribution < 1.29 is 0 Å². The number of benzene rings is 8. The highest BCUT2D eigenvalue weighted by Crippen LogP contribution is 2.50. The van der Waals surface area contributed by atoms with Crippen molar-refractivity contribution in [2.45, 2.75) is 51.4 Å². The summed E-state index contributed by atoms with van der Waals surface area (Å²) < 4.78 is 0. The Morgan fingerprint density at radius 1 is 0.310 bits per heavy atom. The molecule has 0 unspecified atom stereocenters. The van der Waals surface area contributed by atoms with Gasteiger partial charge in [-0.3, -0.25) is 0 Å². The molecule has 284 valence electrons. The van der Waals surface area contributed by atoms with E-state index in [0.717, 1.165) is 34.1 Å². The molecule has 2 heteroatoms. The van der Waals surface area contributed by atoms with Crippen LogP contribution in [0.15, 0.2) is 206 Å². The Labute approximate surface area is 344 Å². The fourth-order valence-electron chi connectivity index (χ4n) is 8.87. The van der Waals surface area contributed by atoms with Crippen LogP contribution in [0, 0.1) is 0 Å². The van der Waals surface area contributed by atoms with Crippen molar-refractivity contribution in [1.29, 1.82) is 0 Å². The molecular formula is C56H50N2. The van der Waals surface area contributed by atoms with Crippen LogP contribution in [0.5, 0.6) is 0 Å². The summed E-state index contributed by atoms with van der Waals surface area (Å²) in [6, 6.07) is 74.7. The zero-order chi connectivity index (χ0) is 39.7. The molecule has 0 saturated carbocycles. The molecule has 0 bridgehead atoms. The molecule has 0 spiro atoms. The standard InChI is InChI=1S/C56H50N2/c1-55(2)38-39-56(3,4)54-52(24-15-25-53(54)55)45-18-14-23-51(40-45)58(47-21-12-7-13-22-47)50-36-30-44(31-37-50)43-28-34-49(35-29-43)57(46-19-10-6-11-20-46)48-32-26-42(27-33-48)41-16-8-5-9-17-41/h5-37,40H,38-39H2,1-4H3. The van der Waals surface area contributed by atoms with Gasteiger partial charge in [-0.2, -0.15) is 0 Å². The molecule has 0 heterocycles. The number of hydrogen-bond acceptors (Lipinski definition) is 2. The van der Waals surface area contributed by atoms with E-state index in [2.05, 4.69) is 244 Å². The summed E-state index contributed by atoms with van der Waals surface area (Å²) in [5.41, 5.74) is 17.4. The highest BCUT2D eigenvalue weighted by atomic mass is 15.1. The smallest absolute Gasteiger partial charge is 0.0467 e. The molecule has 58 heavy (non-hydrogen) atoms. The number of hydrogen-bond donors (Lipinski definition) is 0.